The number of nitrogens with two attached hydrogens (primary N) is 1. The van der Waals surface area contributed by atoms with Crippen molar-refractivity contribution in [2.24, 2.45) is 11.7 Å². The highest BCUT2D eigenvalue weighted by Gasteiger charge is 2.27. The lowest BCUT2D eigenvalue weighted by Gasteiger charge is -2.18. The lowest BCUT2D eigenvalue weighted by Crippen LogP contribution is -2.19. The third-order valence-corrected chi connectivity index (χ3v) is 5.88. The van der Waals surface area contributed by atoms with Crippen LogP contribution in [0.4, 0.5) is 5.00 Å². The van der Waals surface area contributed by atoms with Gasteiger partial charge in [-0.25, -0.2) is 4.68 Å². The van der Waals surface area contributed by atoms with Gasteiger partial charge in [0, 0.05) is 10.4 Å². The van der Waals surface area contributed by atoms with E-state index in [4.69, 9.17) is 5.73 Å². The van der Waals surface area contributed by atoms with E-state index in [1.54, 1.807) is 24.3 Å². The number of primary amides is 1. The molecule has 1 unspecified atom stereocenters. The zero-order valence-corrected chi connectivity index (χ0v) is 15.5. The molecule has 0 aliphatic heterocycles. The van der Waals surface area contributed by atoms with Crippen LogP contribution in [0.1, 0.15) is 44.5 Å². The molecule has 0 bridgehead atoms. The number of nitrogens with zero attached hydrogens (tertiary/aromatic N) is 4. The molecule has 2 heterocycles. The minimum absolute atomic E-state index is 0.306. The molecule has 0 spiro atoms. The van der Waals surface area contributed by atoms with Gasteiger partial charge in [0.25, 0.3) is 11.8 Å². The number of carbonyl (C=O) groups excluding carboxylic acids is 2. The molecule has 0 fully saturated rings. The van der Waals surface area contributed by atoms with Crippen molar-refractivity contribution >= 4 is 28.2 Å². The van der Waals surface area contributed by atoms with E-state index in [1.807, 2.05) is 0 Å². The molecule has 1 atom stereocenters. The third kappa shape index (κ3) is 3.33. The Morgan fingerprint density at radius 3 is 2.96 bits per heavy atom. The number of hydrogen-bond donors (Lipinski definition) is 2. The Morgan fingerprint density at radius 1 is 1.37 bits per heavy atom. The van der Waals surface area contributed by atoms with Crippen LogP contribution in [0.25, 0.3) is 5.69 Å². The van der Waals surface area contributed by atoms with Gasteiger partial charge < -0.3 is 11.1 Å². The van der Waals surface area contributed by atoms with Crippen LogP contribution in [0.5, 0.6) is 0 Å². The average Bonchev–Trinajstić information content (AvgIpc) is 3.29. The molecule has 8 nitrogen and oxygen atoms in total. The molecule has 1 aliphatic carbocycles. The van der Waals surface area contributed by atoms with Gasteiger partial charge in [0.05, 0.1) is 11.3 Å². The molecule has 138 valence electrons. The van der Waals surface area contributed by atoms with Crippen molar-refractivity contribution < 1.29 is 9.59 Å². The molecular formula is C18H18N6O2S. The second kappa shape index (κ2) is 6.92. The quantitative estimate of drug-likeness (QED) is 0.718. The molecule has 3 aromatic rings. The van der Waals surface area contributed by atoms with Crippen molar-refractivity contribution in [3.8, 4) is 5.69 Å². The lowest BCUT2D eigenvalue weighted by atomic mass is 9.88. The first-order valence-corrected chi connectivity index (χ1v) is 9.43. The van der Waals surface area contributed by atoms with Crippen LogP contribution in [-0.4, -0.2) is 32.0 Å². The lowest BCUT2D eigenvalue weighted by molar-refractivity contribution is 0.1000. The maximum atomic E-state index is 12.8. The van der Waals surface area contributed by atoms with Crippen molar-refractivity contribution in [1.82, 2.24) is 20.2 Å². The number of amides is 2. The first kappa shape index (κ1) is 17.3. The summed E-state index contributed by atoms with van der Waals surface area (Å²) in [5, 5.41) is 14.4. The topological polar surface area (TPSA) is 116 Å². The monoisotopic (exact) mass is 382 g/mol. The van der Waals surface area contributed by atoms with E-state index in [9.17, 15) is 9.59 Å². The van der Waals surface area contributed by atoms with Crippen molar-refractivity contribution in [3.05, 3.63) is 52.2 Å². The normalized spacial score (nSPS) is 16.0. The van der Waals surface area contributed by atoms with E-state index in [0.29, 0.717) is 27.7 Å². The van der Waals surface area contributed by atoms with E-state index in [0.717, 1.165) is 29.7 Å². The molecule has 4 rings (SSSR count). The minimum Gasteiger partial charge on any atom is -0.365 e. The zero-order chi connectivity index (χ0) is 19.0. The van der Waals surface area contributed by atoms with Crippen LogP contribution < -0.4 is 11.1 Å². The number of hydrogen-bond acceptors (Lipinski definition) is 6. The SMILES string of the molecule is CC1CCc2c(sc(NC(=O)c3cccc(-n4cnnn4)c3)c2C(N)=O)C1. The van der Waals surface area contributed by atoms with E-state index in [2.05, 4.69) is 27.8 Å². The van der Waals surface area contributed by atoms with E-state index in [-0.39, 0.29) is 5.91 Å². The maximum absolute atomic E-state index is 12.8. The van der Waals surface area contributed by atoms with Gasteiger partial charge in [0.1, 0.15) is 11.3 Å². The Kier molecular flexibility index (Phi) is 4.44. The van der Waals surface area contributed by atoms with Crippen LogP contribution in [0, 0.1) is 5.92 Å². The fourth-order valence-electron chi connectivity index (χ4n) is 3.34. The second-order valence-electron chi connectivity index (χ2n) is 6.68. The van der Waals surface area contributed by atoms with Gasteiger partial charge in [0.2, 0.25) is 0 Å². The minimum atomic E-state index is -0.500. The van der Waals surface area contributed by atoms with Crippen LogP contribution in [0.3, 0.4) is 0 Å². The van der Waals surface area contributed by atoms with Crippen molar-refractivity contribution in [1.29, 1.82) is 0 Å². The largest absolute Gasteiger partial charge is 0.365 e. The molecule has 2 aromatic heterocycles. The number of nitrogens with one attached hydrogen (secondary N) is 1. The van der Waals surface area contributed by atoms with Gasteiger partial charge in [0.15, 0.2) is 0 Å². The predicted octanol–water partition coefficient (Wildman–Crippen LogP) is 2.20. The zero-order valence-electron chi connectivity index (χ0n) is 14.7. The summed E-state index contributed by atoms with van der Waals surface area (Å²) in [6, 6.07) is 6.93. The first-order chi connectivity index (χ1) is 13.0. The molecule has 9 heteroatoms. The summed E-state index contributed by atoms with van der Waals surface area (Å²) in [5.41, 5.74) is 8.16. The highest BCUT2D eigenvalue weighted by Crippen LogP contribution is 2.39. The summed E-state index contributed by atoms with van der Waals surface area (Å²) in [5.74, 6) is -0.243. The molecule has 3 N–H and O–H groups in total. The van der Waals surface area contributed by atoms with Crippen molar-refractivity contribution in [3.63, 3.8) is 0 Å². The summed E-state index contributed by atoms with van der Waals surface area (Å²) in [6.07, 6.45) is 4.20. The maximum Gasteiger partial charge on any atom is 0.256 e. The smallest absolute Gasteiger partial charge is 0.256 e. The van der Waals surface area contributed by atoms with Gasteiger partial charge in [-0.3, -0.25) is 9.59 Å². The Bertz CT molecular complexity index is 1010. The number of tetrazole rings is 1. The number of fused-ring (bicyclic) bond motifs is 1. The van der Waals surface area contributed by atoms with Crippen LogP contribution in [0.2, 0.25) is 0 Å². The molecule has 0 saturated carbocycles. The summed E-state index contributed by atoms with van der Waals surface area (Å²) in [7, 11) is 0. The van der Waals surface area contributed by atoms with E-state index in [1.165, 1.54) is 22.3 Å². The number of carbonyl (C=O) groups is 2. The Labute approximate surface area is 159 Å². The number of rotatable bonds is 4. The fraction of sp³-hybridized carbons (Fsp3) is 0.278. The fourth-order valence-corrected chi connectivity index (χ4v) is 4.76. The Morgan fingerprint density at radius 2 is 2.22 bits per heavy atom. The van der Waals surface area contributed by atoms with Crippen LogP contribution in [0.15, 0.2) is 30.6 Å². The highest BCUT2D eigenvalue weighted by molar-refractivity contribution is 7.17. The molecule has 0 radical (unpaired) electrons. The second-order valence-corrected chi connectivity index (χ2v) is 7.78. The predicted molar refractivity (Wildman–Crippen MR) is 101 cm³/mol. The van der Waals surface area contributed by atoms with E-state index < -0.39 is 5.91 Å². The molecule has 2 amide bonds. The number of benzene rings is 1. The highest BCUT2D eigenvalue weighted by atomic mass is 32.1. The third-order valence-electron chi connectivity index (χ3n) is 4.71. The molecular weight excluding hydrogens is 364 g/mol. The summed E-state index contributed by atoms with van der Waals surface area (Å²) in [4.78, 5) is 25.9. The van der Waals surface area contributed by atoms with Crippen LogP contribution in [-0.2, 0) is 12.8 Å². The number of anilines is 1. The summed E-state index contributed by atoms with van der Waals surface area (Å²) in [6.45, 7) is 2.19. The van der Waals surface area contributed by atoms with Crippen molar-refractivity contribution in [2.75, 3.05) is 5.32 Å². The average molecular weight is 382 g/mol. The molecule has 27 heavy (non-hydrogen) atoms. The first-order valence-electron chi connectivity index (χ1n) is 8.62. The number of thiophene rings is 1. The summed E-state index contributed by atoms with van der Waals surface area (Å²) >= 11 is 1.45. The van der Waals surface area contributed by atoms with Crippen molar-refractivity contribution in [2.45, 2.75) is 26.2 Å². The van der Waals surface area contributed by atoms with Gasteiger partial charge in [-0.1, -0.05) is 13.0 Å². The molecule has 0 saturated heterocycles. The molecule has 1 aromatic carbocycles. The standard InChI is InChI=1S/C18H18N6O2S/c1-10-5-6-13-14(7-10)27-18(15(13)16(19)25)21-17(26)11-3-2-4-12(8-11)24-9-20-22-23-24/h2-4,8-10H,5-7H2,1H3,(H2,19,25)(H,21,26). The van der Waals surface area contributed by atoms with Crippen LogP contribution >= 0.6 is 11.3 Å². The van der Waals surface area contributed by atoms with Gasteiger partial charge in [-0.15, -0.1) is 16.4 Å². The number of aromatic nitrogens is 4. The Hall–Kier alpha value is -3.07. The Balaban J connectivity index is 1.64. The van der Waals surface area contributed by atoms with Gasteiger partial charge in [-0.05, 0) is 59.4 Å². The molecule has 1 aliphatic rings. The van der Waals surface area contributed by atoms with Gasteiger partial charge >= 0.3 is 0 Å². The van der Waals surface area contributed by atoms with Gasteiger partial charge in [-0.2, -0.15) is 0 Å². The summed E-state index contributed by atoms with van der Waals surface area (Å²) < 4.78 is 1.47. The van der Waals surface area contributed by atoms with E-state index >= 15 is 0 Å².